The van der Waals surface area contributed by atoms with E-state index >= 15 is 0 Å². The molecule has 98 valence electrons. The third kappa shape index (κ3) is 3.19. The SMILES string of the molecule is CCC(C)Nc1ncccc1C(=N)c1ccccc1. The zero-order chi connectivity index (χ0) is 13.7. The topological polar surface area (TPSA) is 48.8 Å². The van der Waals surface area contributed by atoms with Gasteiger partial charge in [0, 0.05) is 23.4 Å². The Hall–Kier alpha value is -2.16. The lowest BCUT2D eigenvalue weighted by Crippen LogP contribution is -2.17. The Kier molecular flexibility index (Phi) is 4.29. The lowest BCUT2D eigenvalue weighted by Gasteiger charge is -2.16. The summed E-state index contributed by atoms with van der Waals surface area (Å²) in [6.07, 6.45) is 2.78. The third-order valence-corrected chi connectivity index (χ3v) is 3.14. The fourth-order valence-corrected chi connectivity index (χ4v) is 1.82. The summed E-state index contributed by atoms with van der Waals surface area (Å²) in [5.41, 5.74) is 2.25. The van der Waals surface area contributed by atoms with Crippen LogP contribution in [0.1, 0.15) is 31.4 Å². The quantitative estimate of drug-likeness (QED) is 0.798. The summed E-state index contributed by atoms with van der Waals surface area (Å²) < 4.78 is 0. The van der Waals surface area contributed by atoms with Gasteiger partial charge in [-0.25, -0.2) is 4.98 Å². The van der Waals surface area contributed by atoms with Crippen molar-refractivity contribution in [3.05, 3.63) is 59.8 Å². The van der Waals surface area contributed by atoms with E-state index in [1.54, 1.807) is 6.20 Å². The average molecular weight is 253 g/mol. The molecule has 1 aromatic carbocycles. The molecule has 19 heavy (non-hydrogen) atoms. The molecule has 3 heteroatoms. The number of pyridine rings is 1. The molecule has 1 aromatic heterocycles. The molecule has 0 saturated carbocycles. The normalized spacial score (nSPS) is 11.9. The summed E-state index contributed by atoms with van der Waals surface area (Å²) in [6, 6.07) is 13.9. The number of hydrogen-bond acceptors (Lipinski definition) is 3. The molecule has 2 rings (SSSR count). The zero-order valence-electron chi connectivity index (χ0n) is 11.4. The van der Waals surface area contributed by atoms with Crippen LogP contribution < -0.4 is 5.32 Å². The molecule has 0 radical (unpaired) electrons. The van der Waals surface area contributed by atoms with Crippen molar-refractivity contribution in [3.8, 4) is 0 Å². The number of benzene rings is 1. The maximum Gasteiger partial charge on any atom is 0.135 e. The second-order valence-electron chi connectivity index (χ2n) is 4.59. The Labute approximate surface area is 114 Å². The number of nitrogens with zero attached hydrogens (tertiary/aromatic N) is 1. The molecule has 0 saturated heterocycles. The van der Waals surface area contributed by atoms with Crippen LogP contribution in [-0.4, -0.2) is 16.7 Å². The number of aromatic nitrogens is 1. The number of nitrogens with one attached hydrogen (secondary N) is 2. The summed E-state index contributed by atoms with van der Waals surface area (Å²) >= 11 is 0. The van der Waals surface area contributed by atoms with Crippen molar-refractivity contribution >= 4 is 11.5 Å². The second kappa shape index (κ2) is 6.14. The lowest BCUT2D eigenvalue weighted by molar-refractivity contribution is 0.759. The number of hydrogen-bond donors (Lipinski definition) is 2. The molecule has 0 fully saturated rings. The smallest absolute Gasteiger partial charge is 0.135 e. The van der Waals surface area contributed by atoms with Crippen molar-refractivity contribution in [3.63, 3.8) is 0 Å². The van der Waals surface area contributed by atoms with Crippen molar-refractivity contribution < 1.29 is 0 Å². The molecule has 0 aliphatic rings. The van der Waals surface area contributed by atoms with Crippen molar-refractivity contribution in [1.29, 1.82) is 5.41 Å². The van der Waals surface area contributed by atoms with Crippen LogP contribution in [0.5, 0.6) is 0 Å². The van der Waals surface area contributed by atoms with Crippen LogP contribution in [-0.2, 0) is 0 Å². The van der Waals surface area contributed by atoms with Gasteiger partial charge >= 0.3 is 0 Å². The Bertz CT molecular complexity index is 549. The number of anilines is 1. The molecule has 1 atom stereocenters. The molecule has 0 aliphatic heterocycles. The Morgan fingerprint density at radius 1 is 1.21 bits per heavy atom. The van der Waals surface area contributed by atoms with E-state index in [0.29, 0.717) is 11.8 Å². The van der Waals surface area contributed by atoms with E-state index < -0.39 is 0 Å². The van der Waals surface area contributed by atoms with Crippen molar-refractivity contribution in [2.24, 2.45) is 0 Å². The van der Waals surface area contributed by atoms with E-state index in [4.69, 9.17) is 5.41 Å². The summed E-state index contributed by atoms with van der Waals surface area (Å²) in [5, 5.41) is 11.7. The summed E-state index contributed by atoms with van der Waals surface area (Å²) in [6.45, 7) is 4.24. The van der Waals surface area contributed by atoms with Crippen LogP contribution in [0, 0.1) is 5.41 Å². The maximum absolute atomic E-state index is 8.33. The highest BCUT2D eigenvalue weighted by molar-refractivity contribution is 6.13. The highest BCUT2D eigenvalue weighted by Crippen LogP contribution is 2.17. The molecule has 2 N–H and O–H groups in total. The Morgan fingerprint density at radius 2 is 1.95 bits per heavy atom. The predicted molar refractivity (Wildman–Crippen MR) is 80.0 cm³/mol. The molecule has 0 amide bonds. The first kappa shape index (κ1) is 13.3. The van der Waals surface area contributed by atoms with Gasteiger partial charge in [0.15, 0.2) is 0 Å². The minimum absolute atomic E-state index is 0.345. The van der Waals surface area contributed by atoms with Crippen LogP contribution in [0.3, 0.4) is 0 Å². The number of rotatable bonds is 5. The largest absolute Gasteiger partial charge is 0.367 e. The minimum Gasteiger partial charge on any atom is -0.367 e. The molecule has 2 aromatic rings. The zero-order valence-corrected chi connectivity index (χ0v) is 11.4. The van der Waals surface area contributed by atoms with Gasteiger partial charge < -0.3 is 5.32 Å². The first-order chi connectivity index (χ1) is 9.22. The second-order valence-corrected chi connectivity index (χ2v) is 4.59. The fraction of sp³-hybridized carbons (Fsp3) is 0.250. The molecule has 0 spiro atoms. The van der Waals surface area contributed by atoms with Gasteiger partial charge in [-0.15, -0.1) is 0 Å². The van der Waals surface area contributed by atoms with Crippen molar-refractivity contribution in [2.75, 3.05) is 5.32 Å². The van der Waals surface area contributed by atoms with Gasteiger partial charge in [-0.3, -0.25) is 5.41 Å². The van der Waals surface area contributed by atoms with Gasteiger partial charge in [0.25, 0.3) is 0 Å². The molecular weight excluding hydrogens is 234 g/mol. The van der Waals surface area contributed by atoms with E-state index in [1.165, 1.54) is 0 Å². The van der Waals surface area contributed by atoms with E-state index in [0.717, 1.165) is 23.4 Å². The van der Waals surface area contributed by atoms with Crippen molar-refractivity contribution in [2.45, 2.75) is 26.3 Å². The van der Waals surface area contributed by atoms with Crippen LogP contribution in [0.2, 0.25) is 0 Å². The Morgan fingerprint density at radius 3 is 2.63 bits per heavy atom. The predicted octanol–water partition coefficient (Wildman–Crippen LogP) is 3.71. The van der Waals surface area contributed by atoms with Crippen molar-refractivity contribution in [1.82, 2.24) is 4.98 Å². The average Bonchev–Trinajstić information content (AvgIpc) is 2.48. The van der Waals surface area contributed by atoms with Gasteiger partial charge in [0.2, 0.25) is 0 Å². The van der Waals surface area contributed by atoms with Gasteiger partial charge in [-0.05, 0) is 25.5 Å². The standard InChI is InChI=1S/C16H19N3/c1-3-12(2)19-16-14(10-7-11-18-16)15(17)13-8-5-4-6-9-13/h4-12,17H,3H2,1-2H3,(H,18,19). The van der Waals surface area contributed by atoms with E-state index in [1.807, 2.05) is 42.5 Å². The molecule has 1 heterocycles. The minimum atomic E-state index is 0.345. The van der Waals surface area contributed by atoms with Gasteiger partial charge in [0.1, 0.15) is 5.82 Å². The molecule has 3 nitrogen and oxygen atoms in total. The van der Waals surface area contributed by atoms with Crippen LogP contribution in [0.25, 0.3) is 0 Å². The molecule has 0 bridgehead atoms. The monoisotopic (exact) mass is 253 g/mol. The first-order valence-corrected chi connectivity index (χ1v) is 6.58. The first-order valence-electron chi connectivity index (χ1n) is 6.58. The lowest BCUT2D eigenvalue weighted by atomic mass is 10.0. The van der Waals surface area contributed by atoms with E-state index in [9.17, 15) is 0 Å². The van der Waals surface area contributed by atoms with Crippen LogP contribution >= 0.6 is 0 Å². The van der Waals surface area contributed by atoms with Gasteiger partial charge in [-0.1, -0.05) is 37.3 Å². The summed E-state index contributed by atoms with van der Waals surface area (Å²) in [4.78, 5) is 4.36. The summed E-state index contributed by atoms with van der Waals surface area (Å²) in [5.74, 6) is 0.783. The highest BCUT2D eigenvalue weighted by atomic mass is 15.0. The molecular formula is C16H19N3. The van der Waals surface area contributed by atoms with Crippen LogP contribution in [0.15, 0.2) is 48.7 Å². The molecule has 0 aliphatic carbocycles. The molecule has 1 unspecified atom stereocenters. The summed E-state index contributed by atoms with van der Waals surface area (Å²) in [7, 11) is 0. The van der Waals surface area contributed by atoms with Gasteiger partial charge in [-0.2, -0.15) is 0 Å². The Balaban J connectivity index is 2.32. The third-order valence-electron chi connectivity index (χ3n) is 3.14. The van der Waals surface area contributed by atoms with Crippen LogP contribution in [0.4, 0.5) is 5.82 Å². The highest BCUT2D eigenvalue weighted by Gasteiger charge is 2.11. The maximum atomic E-state index is 8.33. The van der Waals surface area contributed by atoms with E-state index in [2.05, 4.69) is 24.1 Å². The fourth-order valence-electron chi connectivity index (χ4n) is 1.82. The van der Waals surface area contributed by atoms with Gasteiger partial charge in [0.05, 0.1) is 5.71 Å². The van der Waals surface area contributed by atoms with E-state index in [-0.39, 0.29) is 0 Å².